The molecule has 0 aliphatic rings. The molecule has 1 N–H and O–H groups in total. The van der Waals surface area contributed by atoms with Gasteiger partial charge in [0.05, 0.1) is 13.7 Å². The summed E-state index contributed by atoms with van der Waals surface area (Å²) in [5.74, 6) is 1.83. The molecule has 0 spiro atoms. The topological polar surface area (TPSA) is 30.5 Å². The summed E-state index contributed by atoms with van der Waals surface area (Å²) >= 11 is 0. The molecule has 0 atom stereocenters. The van der Waals surface area contributed by atoms with E-state index in [4.69, 9.17) is 9.47 Å². The van der Waals surface area contributed by atoms with Gasteiger partial charge in [-0.1, -0.05) is 24.6 Å². The molecule has 0 aliphatic carbocycles. The highest BCUT2D eigenvalue weighted by molar-refractivity contribution is 5.48. The minimum absolute atomic E-state index is 0.736. The molecular formula is C18H23NO2. The second kappa shape index (κ2) is 7.58. The predicted octanol–water partition coefficient (Wildman–Crippen LogP) is 4.40. The normalized spacial score (nSPS) is 10.2. The zero-order valence-corrected chi connectivity index (χ0v) is 13.0. The van der Waals surface area contributed by atoms with Crippen molar-refractivity contribution < 1.29 is 9.47 Å². The van der Waals surface area contributed by atoms with E-state index in [-0.39, 0.29) is 0 Å². The van der Waals surface area contributed by atoms with Crippen LogP contribution in [0.1, 0.15) is 24.5 Å². The third kappa shape index (κ3) is 4.42. The Kier molecular flexibility index (Phi) is 5.50. The molecule has 3 nitrogen and oxygen atoms in total. The van der Waals surface area contributed by atoms with Crippen LogP contribution in [0.15, 0.2) is 42.5 Å². The summed E-state index contributed by atoms with van der Waals surface area (Å²) in [6.45, 7) is 5.68. The number of nitrogens with one attached hydrogen (secondary N) is 1. The number of rotatable bonds is 7. The Bertz CT molecular complexity index is 564. The lowest BCUT2D eigenvalue weighted by Gasteiger charge is -2.12. The van der Waals surface area contributed by atoms with E-state index in [9.17, 15) is 0 Å². The van der Waals surface area contributed by atoms with Gasteiger partial charge in [0.1, 0.15) is 11.5 Å². The van der Waals surface area contributed by atoms with E-state index in [0.717, 1.165) is 42.3 Å². The zero-order valence-electron chi connectivity index (χ0n) is 13.0. The summed E-state index contributed by atoms with van der Waals surface area (Å²) < 4.78 is 11.0. The average molecular weight is 285 g/mol. The molecule has 0 unspecified atom stereocenters. The number of methoxy groups -OCH3 is 1. The van der Waals surface area contributed by atoms with Gasteiger partial charge < -0.3 is 14.8 Å². The van der Waals surface area contributed by atoms with Crippen molar-refractivity contribution in [3.05, 3.63) is 53.6 Å². The van der Waals surface area contributed by atoms with E-state index in [1.165, 1.54) is 5.56 Å². The molecule has 0 radical (unpaired) electrons. The van der Waals surface area contributed by atoms with E-state index in [1.807, 2.05) is 30.3 Å². The first kappa shape index (κ1) is 15.2. The largest absolute Gasteiger partial charge is 0.496 e. The monoisotopic (exact) mass is 285 g/mol. The lowest BCUT2D eigenvalue weighted by atomic mass is 10.1. The van der Waals surface area contributed by atoms with Crippen molar-refractivity contribution in [2.75, 3.05) is 19.0 Å². The standard InChI is InChI=1S/C18H23NO2/c1-4-11-21-17-8-6-16(7-9-17)19-13-15-12-14(2)5-10-18(15)20-3/h5-10,12,19H,4,11,13H2,1-3H3. The number of anilines is 1. The summed E-state index contributed by atoms with van der Waals surface area (Å²) in [7, 11) is 1.70. The van der Waals surface area contributed by atoms with Gasteiger partial charge in [0.25, 0.3) is 0 Å². The molecule has 0 fully saturated rings. The summed E-state index contributed by atoms with van der Waals surface area (Å²) in [6.07, 6.45) is 1.02. The van der Waals surface area contributed by atoms with Crippen molar-refractivity contribution in [3.63, 3.8) is 0 Å². The van der Waals surface area contributed by atoms with E-state index >= 15 is 0 Å². The number of ether oxygens (including phenoxy) is 2. The van der Waals surface area contributed by atoms with Crippen molar-refractivity contribution in [3.8, 4) is 11.5 Å². The zero-order chi connectivity index (χ0) is 15.1. The molecule has 3 heteroatoms. The van der Waals surface area contributed by atoms with Crippen LogP contribution in [0.25, 0.3) is 0 Å². The second-order valence-corrected chi connectivity index (χ2v) is 5.04. The predicted molar refractivity (Wildman–Crippen MR) is 87.3 cm³/mol. The second-order valence-electron chi connectivity index (χ2n) is 5.04. The molecule has 2 aromatic carbocycles. The van der Waals surface area contributed by atoms with Crippen LogP contribution in [-0.2, 0) is 6.54 Å². The first-order valence-corrected chi connectivity index (χ1v) is 7.33. The van der Waals surface area contributed by atoms with Gasteiger partial charge in [-0.05, 0) is 43.7 Å². The maximum atomic E-state index is 5.58. The van der Waals surface area contributed by atoms with Crippen LogP contribution in [0.5, 0.6) is 11.5 Å². The molecule has 0 aliphatic heterocycles. The summed E-state index contributed by atoms with van der Waals surface area (Å²) in [4.78, 5) is 0. The van der Waals surface area contributed by atoms with Gasteiger partial charge >= 0.3 is 0 Å². The Hall–Kier alpha value is -2.16. The molecule has 0 saturated heterocycles. The highest BCUT2D eigenvalue weighted by atomic mass is 16.5. The Morgan fingerprint density at radius 3 is 2.48 bits per heavy atom. The van der Waals surface area contributed by atoms with Crippen molar-refractivity contribution >= 4 is 5.69 Å². The van der Waals surface area contributed by atoms with Crippen molar-refractivity contribution in [1.82, 2.24) is 0 Å². The molecule has 0 bridgehead atoms. The first-order chi connectivity index (χ1) is 10.2. The van der Waals surface area contributed by atoms with E-state index < -0.39 is 0 Å². The molecule has 112 valence electrons. The Balaban J connectivity index is 1.98. The highest BCUT2D eigenvalue weighted by Crippen LogP contribution is 2.22. The fourth-order valence-electron chi connectivity index (χ4n) is 2.13. The smallest absolute Gasteiger partial charge is 0.123 e. The van der Waals surface area contributed by atoms with E-state index in [0.29, 0.717) is 0 Å². The fourth-order valence-corrected chi connectivity index (χ4v) is 2.13. The number of benzene rings is 2. The minimum atomic E-state index is 0.736. The van der Waals surface area contributed by atoms with Crippen LogP contribution >= 0.6 is 0 Å². The Morgan fingerprint density at radius 2 is 1.81 bits per heavy atom. The van der Waals surface area contributed by atoms with Crippen LogP contribution in [0.2, 0.25) is 0 Å². The van der Waals surface area contributed by atoms with Crippen LogP contribution < -0.4 is 14.8 Å². The lowest BCUT2D eigenvalue weighted by molar-refractivity contribution is 0.317. The third-order valence-corrected chi connectivity index (χ3v) is 3.25. The molecule has 0 saturated carbocycles. The van der Waals surface area contributed by atoms with Crippen molar-refractivity contribution in [2.24, 2.45) is 0 Å². The van der Waals surface area contributed by atoms with E-state index in [2.05, 4.69) is 31.3 Å². The van der Waals surface area contributed by atoms with E-state index in [1.54, 1.807) is 7.11 Å². The fraction of sp³-hybridized carbons (Fsp3) is 0.333. The Morgan fingerprint density at radius 1 is 1.05 bits per heavy atom. The first-order valence-electron chi connectivity index (χ1n) is 7.33. The Labute approximate surface area is 126 Å². The van der Waals surface area contributed by atoms with Crippen molar-refractivity contribution in [1.29, 1.82) is 0 Å². The van der Waals surface area contributed by atoms with Gasteiger partial charge in [0, 0.05) is 17.8 Å². The quantitative estimate of drug-likeness (QED) is 0.817. The van der Waals surface area contributed by atoms with Gasteiger partial charge in [-0.15, -0.1) is 0 Å². The van der Waals surface area contributed by atoms with Crippen LogP contribution in [0.3, 0.4) is 0 Å². The van der Waals surface area contributed by atoms with Gasteiger partial charge in [-0.2, -0.15) is 0 Å². The summed E-state index contributed by atoms with van der Waals surface area (Å²) in [5.41, 5.74) is 3.46. The maximum absolute atomic E-state index is 5.58. The van der Waals surface area contributed by atoms with Gasteiger partial charge in [-0.3, -0.25) is 0 Å². The number of aryl methyl sites for hydroxylation is 1. The minimum Gasteiger partial charge on any atom is -0.496 e. The number of hydrogen-bond acceptors (Lipinski definition) is 3. The van der Waals surface area contributed by atoms with Gasteiger partial charge in [0.2, 0.25) is 0 Å². The highest BCUT2D eigenvalue weighted by Gasteiger charge is 2.03. The molecule has 0 aromatic heterocycles. The maximum Gasteiger partial charge on any atom is 0.123 e. The number of hydrogen-bond donors (Lipinski definition) is 1. The molecule has 2 aromatic rings. The molecule has 21 heavy (non-hydrogen) atoms. The third-order valence-electron chi connectivity index (χ3n) is 3.25. The SMILES string of the molecule is CCCOc1ccc(NCc2cc(C)ccc2OC)cc1. The van der Waals surface area contributed by atoms with Crippen LogP contribution in [0.4, 0.5) is 5.69 Å². The van der Waals surface area contributed by atoms with Gasteiger partial charge in [0.15, 0.2) is 0 Å². The summed E-state index contributed by atoms with van der Waals surface area (Å²) in [6, 6.07) is 14.3. The van der Waals surface area contributed by atoms with Crippen LogP contribution in [0, 0.1) is 6.92 Å². The average Bonchev–Trinajstić information content (AvgIpc) is 2.52. The molecular weight excluding hydrogens is 262 g/mol. The molecule has 0 amide bonds. The van der Waals surface area contributed by atoms with Crippen molar-refractivity contribution in [2.45, 2.75) is 26.8 Å². The molecule has 0 heterocycles. The lowest BCUT2D eigenvalue weighted by Crippen LogP contribution is -2.02. The van der Waals surface area contributed by atoms with Crippen LogP contribution in [-0.4, -0.2) is 13.7 Å². The molecule has 2 rings (SSSR count). The van der Waals surface area contributed by atoms with Gasteiger partial charge in [-0.25, -0.2) is 0 Å². The summed E-state index contributed by atoms with van der Waals surface area (Å²) in [5, 5.41) is 3.41.